The number of hydrogen-bond acceptors (Lipinski definition) is 3. The van der Waals surface area contributed by atoms with Gasteiger partial charge in [0.25, 0.3) is 5.91 Å². The van der Waals surface area contributed by atoms with Crippen LogP contribution in [-0.4, -0.2) is 18.9 Å². The summed E-state index contributed by atoms with van der Waals surface area (Å²) in [6.07, 6.45) is 0. The molecule has 0 unspecified atom stereocenters. The van der Waals surface area contributed by atoms with Gasteiger partial charge in [-0.3, -0.25) is 9.59 Å². The van der Waals surface area contributed by atoms with E-state index in [4.69, 9.17) is 4.74 Å². The number of amides is 2. The highest BCUT2D eigenvalue weighted by Gasteiger charge is 2.07. The zero-order chi connectivity index (χ0) is 16.8. The molecule has 0 aliphatic rings. The van der Waals surface area contributed by atoms with E-state index >= 15 is 0 Å². The zero-order valence-electron chi connectivity index (χ0n) is 13.5. The van der Waals surface area contributed by atoms with Crippen molar-refractivity contribution in [1.29, 1.82) is 0 Å². The molecule has 0 spiro atoms. The van der Waals surface area contributed by atoms with E-state index in [9.17, 15) is 9.59 Å². The van der Waals surface area contributed by atoms with Gasteiger partial charge in [-0.05, 0) is 48.4 Å². The minimum atomic E-state index is -0.180. The van der Waals surface area contributed by atoms with Gasteiger partial charge in [0.1, 0.15) is 5.75 Å². The molecule has 2 aromatic carbocycles. The van der Waals surface area contributed by atoms with Crippen molar-refractivity contribution in [3.8, 4) is 5.75 Å². The normalized spacial score (nSPS) is 10.0. The van der Waals surface area contributed by atoms with Crippen molar-refractivity contribution in [2.24, 2.45) is 0 Å². The van der Waals surface area contributed by atoms with Gasteiger partial charge in [0.15, 0.2) is 0 Å². The number of hydrogen-bond donors (Lipinski definition) is 2. The topological polar surface area (TPSA) is 67.4 Å². The lowest BCUT2D eigenvalue weighted by Gasteiger charge is -2.09. The lowest BCUT2D eigenvalue weighted by atomic mass is 10.1. The van der Waals surface area contributed by atoms with E-state index in [1.165, 1.54) is 6.92 Å². The lowest BCUT2D eigenvalue weighted by Crippen LogP contribution is -2.19. The smallest absolute Gasteiger partial charge is 0.255 e. The van der Waals surface area contributed by atoms with Crippen molar-refractivity contribution >= 4 is 17.5 Å². The summed E-state index contributed by atoms with van der Waals surface area (Å²) in [5.74, 6) is 0.521. The van der Waals surface area contributed by atoms with Crippen LogP contribution in [0.4, 0.5) is 5.69 Å². The third kappa shape index (κ3) is 4.57. The number of ether oxygens (including phenoxy) is 1. The molecule has 5 nitrogen and oxygen atoms in total. The Labute approximate surface area is 135 Å². The fourth-order valence-electron chi connectivity index (χ4n) is 2.16. The third-order valence-electron chi connectivity index (χ3n) is 3.41. The van der Waals surface area contributed by atoms with Crippen LogP contribution in [0.1, 0.15) is 28.4 Å². The van der Waals surface area contributed by atoms with Crippen LogP contribution in [0.3, 0.4) is 0 Å². The first-order valence-corrected chi connectivity index (χ1v) is 7.29. The molecule has 2 aromatic rings. The molecule has 2 rings (SSSR count). The maximum absolute atomic E-state index is 12.2. The van der Waals surface area contributed by atoms with E-state index in [2.05, 4.69) is 10.6 Å². The van der Waals surface area contributed by atoms with Crippen molar-refractivity contribution in [1.82, 2.24) is 5.32 Å². The highest BCUT2D eigenvalue weighted by molar-refractivity contribution is 6.04. The highest BCUT2D eigenvalue weighted by Crippen LogP contribution is 2.21. The lowest BCUT2D eigenvalue weighted by molar-refractivity contribution is -0.119. The Bertz CT molecular complexity index is 709. The fraction of sp³-hybridized carbons (Fsp3) is 0.222. The first-order chi connectivity index (χ1) is 11.0. The molecule has 0 aliphatic carbocycles. The van der Waals surface area contributed by atoms with Crippen LogP contribution < -0.4 is 15.4 Å². The van der Waals surface area contributed by atoms with E-state index in [0.717, 1.165) is 22.6 Å². The van der Waals surface area contributed by atoms with E-state index in [1.54, 1.807) is 25.3 Å². The summed E-state index contributed by atoms with van der Waals surface area (Å²) in [6, 6.07) is 12.6. The molecule has 2 amide bonds. The Balaban J connectivity index is 2.03. The van der Waals surface area contributed by atoms with Crippen molar-refractivity contribution in [3.05, 3.63) is 59.2 Å². The molecule has 0 bridgehead atoms. The van der Waals surface area contributed by atoms with Crippen LogP contribution in [0.5, 0.6) is 5.75 Å². The molecule has 0 radical (unpaired) electrons. The minimum Gasteiger partial charge on any atom is -0.496 e. The quantitative estimate of drug-likeness (QED) is 0.892. The molecule has 23 heavy (non-hydrogen) atoms. The summed E-state index contributed by atoms with van der Waals surface area (Å²) >= 11 is 0. The van der Waals surface area contributed by atoms with Crippen molar-refractivity contribution in [2.45, 2.75) is 20.4 Å². The largest absolute Gasteiger partial charge is 0.496 e. The molecule has 0 fully saturated rings. The molecule has 0 saturated carbocycles. The zero-order valence-corrected chi connectivity index (χ0v) is 13.5. The van der Waals surface area contributed by atoms with Gasteiger partial charge in [-0.15, -0.1) is 0 Å². The Morgan fingerprint density at radius 2 is 1.78 bits per heavy atom. The molecule has 120 valence electrons. The Morgan fingerprint density at radius 1 is 1.09 bits per heavy atom. The average Bonchev–Trinajstić information content (AvgIpc) is 2.53. The van der Waals surface area contributed by atoms with Crippen LogP contribution in [0, 0.1) is 6.92 Å². The molecular weight excluding hydrogens is 292 g/mol. The van der Waals surface area contributed by atoms with E-state index < -0.39 is 0 Å². The maximum Gasteiger partial charge on any atom is 0.255 e. The molecule has 0 aromatic heterocycles. The summed E-state index contributed by atoms with van der Waals surface area (Å²) < 4.78 is 5.20. The number of carbonyl (C=O) groups is 2. The molecule has 5 heteroatoms. The van der Waals surface area contributed by atoms with E-state index in [1.807, 2.05) is 31.2 Å². The maximum atomic E-state index is 12.2. The minimum absolute atomic E-state index is 0.0818. The second kappa shape index (κ2) is 7.45. The number of aryl methyl sites for hydroxylation is 1. The highest BCUT2D eigenvalue weighted by atomic mass is 16.5. The molecule has 0 aliphatic heterocycles. The van der Waals surface area contributed by atoms with Gasteiger partial charge >= 0.3 is 0 Å². The molecule has 0 atom stereocenters. The van der Waals surface area contributed by atoms with Gasteiger partial charge in [0, 0.05) is 24.7 Å². The average molecular weight is 312 g/mol. The summed E-state index contributed by atoms with van der Waals surface area (Å²) in [5.41, 5.74) is 3.17. The Morgan fingerprint density at radius 3 is 2.35 bits per heavy atom. The third-order valence-corrected chi connectivity index (χ3v) is 3.41. The van der Waals surface area contributed by atoms with Gasteiger partial charge in [-0.2, -0.15) is 0 Å². The summed E-state index contributed by atoms with van der Waals surface area (Å²) in [5, 5.41) is 5.57. The van der Waals surface area contributed by atoms with Crippen LogP contribution in [-0.2, 0) is 11.3 Å². The Kier molecular flexibility index (Phi) is 5.36. The number of anilines is 1. The summed E-state index contributed by atoms with van der Waals surface area (Å²) in [6.45, 7) is 3.85. The number of benzene rings is 2. The second-order valence-corrected chi connectivity index (χ2v) is 5.25. The first-order valence-electron chi connectivity index (χ1n) is 7.29. The molecule has 0 saturated heterocycles. The first kappa shape index (κ1) is 16.5. The van der Waals surface area contributed by atoms with Gasteiger partial charge in [0.2, 0.25) is 5.91 Å². The van der Waals surface area contributed by atoms with E-state index in [0.29, 0.717) is 12.1 Å². The second-order valence-electron chi connectivity index (χ2n) is 5.25. The molecule has 0 heterocycles. The number of carbonyl (C=O) groups excluding carboxylic acids is 2. The number of rotatable bonds is 5. The predicted octanol–water partition coefficient (Wildman–Crippen LogP) is 2.89. The Hall–Kier alpha value is -2.82. The monoisotopic (exact) mass is 312 g/mol. The van der Waals surface area contributed by atoms with Gasteiger partial charge < -0.3 is 15.4 Å². The van der Waals surface area contributed by atoms with Crippen LogP contribution in [0.15, 0.2) is 42.5 Å². The summed E-state index contributed by atoms with van der Waals surface area (Å²) in [4.78, 5) is 23.1. The predicted molar refractivity (Wildman–Crippen MR) is 89.6 cm³/mol. The number of methoxy groups -OCH3 is 1. The molecular formula is C18H20N2O3. The standard InChI is InChI=1S/C18H20N2O3/c1-12-10-16(8-9-17(12)23-3)20-18(22)15-6-4-14(5-7-15)11-19-13(2)21/h4-10H,11H2,1-3H3,(H,19,21)(H,20,22). The van der Waals surface area contributed by atoms with Crippen LogP contribution in [0.2, 0.25) is 0 Å². The van der Waals surface area contributed by atoms with Crippen molar-refractivity contribution < 1.29 is 14.3 Å². The fourth-order valence-corrected chi connectivity index (χ4v) is 2.16. The SMILES string of the molecule is COc1ccc(NC(=O)c2ccc(CNC(C)=O)cc2)cc1C. The summed E-state index contributed by atoms with van der Waals surface area (Å²) in [7, 11) is 1.61. The van der Waals surface area contributed by atoms with E-state index in [-0.39, 0.29) is 11.8 Å². The molecule has 2 N–H and O–H groups in total. The van der Waals surface area contributed by atoms with Gasteiger partial charge in [0.05, 0.1) is 7.11 Å². The van der Waals surface area contributed by atoms with Crippen LogP contribution in [0.25, 0.3) is 0 Å². The van der Waals surface area contributed by atoms with Crippen molar-refractivity contribution in [3.63, 3.8) is 0 Å². The number of nitrogens with one attached hydrogen (secondary N) is 2. The van der Waals surface area contributed by atoms with Gasteiger partial charge in [-0.1, -0.05) is 12.1 Å². The van der Waals surface area contributed by atoms with Crippen LogP contribution >= 0.6 is 0 Å². The van der Waals surface area contributed by atoms with Crippen molar-refractivity contribution in [2.75, 3.05) is 12.4 Å². The van der Waals surface area contributed by atoms with Gasteiger partial charge in [-0.25, -0.2) is 0 Å².